The van der Waals surface area contributed by atoms with E-state index in [1.54, 1.807) is 11.3 Å². The van der Waals surface area contributed by atoms with E-state index in [0.29, 0.717) is 0 Å². The maximum atomic E-state index is 6.23. The minimum absolute atomic E-state index is 0.0598. The first-order chi connectivity index (χ1) is 8.08. The maximum Gasteiger partial charge on any atom is 0.0798 e. The van der Waals surface area contributed by atoms with Crippen LogP contribution in [0, 0.1) is 20.8 Å². The van der Waals surface area contributed by atoms with Gasteiger partial charge in [0.05, 0.1) is 11.2 Å². The molecule has 1 unspecified atom stereocenters. The monoisotopic (exact) mass is 246 g/mol. The first kappa shape index (κ1) is 12.3. The van der Waals surface area contributed by atoms with Gasteiger partial charge in [-0.15, -0.1) is 11.3 Å². The van der Waals surface area contributed by atoms with E-state index in [-0.39, 0.29) is 6.04 Å². The molecule has 90 valence electrons. The fraction of sp³-hybridized carbons (Fsp3) is 0.357. The summed E-state index contributed by atoms with van der Waals surface area (Å²) in [6.07, 6.45) is 0.879. The smallest absolute Gasteiger partial charge is 0.0798 e. The Morgan fingerprint density at radius 2 is 2.00 bits per heavy atom. The van der Waals surface area contributed by atoms with Gasteiger partial charge in [0.1, 0.15) is 0 Å². The second kappa shape index (κ2) is 4.98. The van der Waals surface area contributed by atoms with Crippen LogP contribution in [0.25, 0.3) is 0 Å². The van der Waals surface area contributed by atoms with E-state index in [9.17, 15) is 0 Å². The van der Waals surface area contributed by atoms with Crippen LogP contribution in [0.4, 0.5) is 0 Å². The molecule has 2 rings (SSSR count). The zero-order valence-corrected chi connectivity index (χ0v) is 11.3. The molecule has 0 fully saturated rings. The number of rotatable bonds is 3. The van der Waals surface area contributed by atoms with E-state index in [1.807, 2.05) is 12.4 Å². The molecule has 0 aliphatic rings. The highest BCUT2D eigenvalue weighted by Crippen LogP contribution is 2.23. The van der Waals surface area contributed by atoms with Gasteiger partial charge in [-0.1, -0.05) is 18.2 Å². The van der Waals surface area contributed by atoms with Gasteiger partial charge in [-0.2, -0.15) is 0 Å². The van der Waals surface area contributed by atoms with E-state index < -0.39 is 0 Å². The van der Waals surface area contributed by atoms with E-state index in [0.717, 1.165) is 12.1 Å². The van der Waals surface area contributed by atoms with Gasteiger partial charge in [0.15, 0.2) is 0 Å². The summed E-state index contributed by atoms with van der Waals surface area (Å²) in [5.74, 6) is 0. The Labute approximate surface area is 107 Å². The topological polar surface area (TPSA) is 38.9 Å². The summed E-state index contributed by atoms with van der Waals surface area (Å²) >= 11 is 1.65. The van der Waals surface area contributed by atoms with Crippen LogP contribution in [-0.4, -0.2) is 4.98 Å². The normalized spacial score (nSPS) is 12.7. The molecule has 0 saturated heterocycles. The quantitative estimate of drug-likeness (QED) is 0.902. The summed E-state index contributed by atoms with van der Waals surface area (Å²) in [4.78, 5) is 5.45. The van der Waals surface area contributed by atoms with Crippen LogP contribution in [0.15, 0.2) is 23.7 Å². The molecular weight excluding hydrogens is 228 g/mol. The highest BCUT2D eigenvalue weighted by atomic mass is 32.1. The number of hydrogen-bond acceptors (Lipinski definition) is 3. The molecule has 1 atom stereocenters. The van der Waals surface area contributed by atoms with Crippen molar-refractivity contribution in [2.24, 2.45) is 5.73 Å². The van der Waals surface area contributed by atoms with E-state index in [4.69, 9.17) is 5.73 Å². The average Bonchev–Trinajstić information content (AvgIpc) is 2.70. The molecule has 0 bridgehead atoms. The maximum absolute atomic E-state index is 6.23. The SMILES string of the molecule is Cc1ccc(CC(N)c2scnc2C)cc1C. The fourth-order valence-corrected chi connectivity index (χ4v) is 2.75. The van der Waals surface area contributed by atoms with Gasteiger partial charge in [0.25, 0.3) is 0 Å². The lowest BCUT2D eigenvalue weighted by Gasteiger charge is -2.11. The van der Waals surface area contributed by atoms with Crippen LogP contribution in [0.1, 0.15) is 33.3 Å². The molecule has 2 aromatic rings. The lowest BCUT2D eigenvalue weighted by molar-refractivity contribution is 0.728. The molecule has 0 aliphatic heterocycles. The van der Waals surface area contributed by atoms with Gasteiger partial charge in [-0.3, -0.25) is 0 Å². The highest BCUT2D eigenvalue weighted by Gasteiger charge is 2.12. The van der Waals surface area contributed by atoms with E-state index in [2.05, 4.69) is 37.0 Å². The summed E-state index contributed by atoms with van der Waals surface area (Å²) in [5, 5.41) is 0. The molecule has 0 amide bonds. The summed E-state index contributed by atoms with van der Waals surface area (Å²) in [6, 6.07) is 6.62. The minimum Gasteiger partial charge on any atom is -0.323 e. The number of hydrogen-bond donors (Lipinski definition) is 1. The van der Waals surface area contributed by atoms with Gasteiger partial charge in [-0.05, 0) is 43.9 Å². The molecule has 2 N–H and O–H groups in total. The summed E-state index contributed by atoms with van der Waals surface area (Å²) in [7, 11) is 0. The van der Waals surface area contributed by atoms with Crippen molar-refractivity contribution in [3.8, 4) is 0 Å². The summed E-state index contributed by atoms with van der Waals surface area (Å²) in [5.41, 5.74) is 13.1. The molecule has 0 radical (unpaired) electrons. The number of thiazole rings is 1. The van der Waals surface area contributed by atoms with Crippen LogP contribution in [0.2, 0.25) is 0 Å². The largest absolute Gasteiger partial charge is 0.323 e. The van der Waals surface area contributed by atoms with Gasteiger partial charge >= 0.3 is 0 Å². The molecule has 1 aromatic carbocycles. The van der Waals surface area contributed by atoms with Crippen molar-refractivity contribution in [2.75, 3.05) is 0 Å². The van der Waals surface area contributed by atoms with Crippen molar-refractivity contribution >= 4 is 11.3 Å². The zero-order valence-electron chi connectivity index (χ0n) is 10.5. The van der Waals surface area contributed by atoms with Crippen molar-refractivity contribution < 1.29 is 0 Å². The molecule has 3 heteroatoms. The third-order valence-electron chi connectivity index (χ3n) is 3.15. The number of aromatic nitrogens is 1. The summed E-state index contributed by atoms with van der Waals surface area (Å²) in [6.45, 7) is 6.29. The number of nitrogens with two attached hydrogens (primary N) is 1. The predicted molar refractivity (Wildman–Crippen MR) is 73.4 cm³/mol. The second-order valence-electron chi connectivity index (χ2n) is 4.53. The van der Waals surface area contributed by atoms with E-state index in [1.165, 1.54) is 21.6 Å². The van der Waals surface area contributed by atoms with Crippen LogP contribution < -0.4 is 5.73 Å². The van der Waals surface area contributed by atoms with Crippen LogP contribution >= 0.6 is 11.3 Å². The van der Waals surface area contributed by atoms with Crippen LogP contribution in [0.5, 0.6) is 0 Å². The second-order valence-corrected chi connectivity index (χ2v) is 5.42. The Hall–Kier alpha value is -1.19. The number of benzene rings is 1. The average molecular weight is 246 g/mol. The van der Waals surface area contributed by atoms with Gasteiger partial charge < -0.3 is 5.73 Å². The molecule has 1 aromatic heterocycles. The van der Waals surface area contributed by atoms with Crippen molar-refractivity contribution in [3.63, 3.8) is 0 Å². The Kier molecular flexibility index (Phi) is 3.60. The lowest BCUT2D eigenvalue weighted by Crippen LogP contribution is -2.13. The highest BCUT2D eigenvalue weighted by molar-refractivity contribution is 7.09. The van der Waals surface area contributed by atoms with Gasteiger partial charge in [0, 0.05) is 10.9 Å². The standard InChI is InChI=1S/C14H18N2S/c1-9-4-5-12(6-10(9)2)7-13(15)14-11(3)16-8-17-14/h4-6,8,13H,7,15H2,1-3H3. The predicted octanol–water partition coefficient (Wildman–Crippen LogP) is 3.31. The van der Waals surface area contributed by atoms with Crippen LogP contribution in [-0.2, 0) is 6.42 Å². The van der Waals surface area contributed by atoms with Crippen molar-refractivity contribution in [2.45, 2.75) is 33.2 Å². The molecule has 1 heterocycles. The van der Waals surface area contributed by atoms with Crippen LogP contribution in [0.3, 0.4) is 0 Å². The Morgan fingerprint density at radius 3 is 2.59 bits per heavy atom. The minimum atomic E-state index is 0.0598. The number of aryl methyl sites for hydroxylation is 3. The van der Waals surface area contributed by atoms with Gasteiger partial charge in [-0.25, -0.2) is 4.98 Å². The number of nitrogens with zero attached hydrogens (tertiary/aromatic N) is 1. The summed E-state index contributed by atoms with van der Waals surface area (Å²) < 4.78 is 0. The molecule has 0 spiro atoms. The van der Waals surface area contributed by atoms with E-state index >= 15 is 0 Å². The molecule has 2 nitrogen and oxygen atoms in total. The first-order valence-corrected chi connectivity index (χ1v) is 6.67. The fourth-order valence-electron chi connectivity index (χ4n) is 1.94. The Morgan fingerprint density at radius 1 is 1.24 bits per heavy atom. The zero-order chi connectivity index (χ0) is 12.4. The first-order valence-electron chi connectivity index (χ1n) is 5.79. The Balaban J connectivity index is 2.16. The third-order valence-corrected chi connectivity index (χ3v) is 4.21. The van der Waals surface area contributed by atoms with Crippen molar-refractivity contribution in [1.29, 1.82) is 0 Å². The molecule has 17 heavy (non-hydrogen) atoms. The van der Waals surface area contributed by atoms with Gasteiger partial charge in [0.2, 0.25) is 0 Å². The van der Waals surface area contributed by atoms with Crippen molar-refractivity contribution in [3.05, 3.63) is 51.0 Å². The molecular formula is C14H18N2S. The lowest BCUT2D eigenvalue weighted by atomic mass is 10.0. The molecule has 0 saturated carbocycles. The third kappa shape index (κ3) is 2.73. The Bertz CT molecular complexity index is 517. The molecule has 0 aliphatic carbocycles. The van der Waals surface area contributed by atoms with Crippen molar-refractivity contribution in [1.82, 2.24) is 4.98 Å².